The Morgan fingerprint density at radius 3 is 2.85 bits per heavy atom. The first-order valence-corrected chi connectivity index (χ1v) is 6.96. The van der Waals surface area contributed by atoms with Gasteiger partial charge in [0.2, 0.25) is 0 Å². The molecule has 20 heavy (non-hydrogen) atoms. The van der Waals surface area contributed by atoms with Crippen molar-refractivity contribution < 1.29 is 9.53 Å². The Bertz CT molecular complexity index is 660. The van der Waals surface area contributed by atoms with E-state index in [0.29, 0.717) is 11.5 Å². The lowest BCUT2D eigenvalue weighted by molar-refractivity contribution is 0.0600. The summed E-state index contributed by atoms with van der Waals surface area (Å²) in [4.78, 5) is 11.7. The van der Waals surface area contributed by atoms with E-state index in [9.17, 15) is 4.79 Å². The molecule has 1 saturated carbocycles. The van der Waals surface area contributed by atoms with Crippen LogP contribution in [0.5, 0.6) is 0 Å². The summed E-state index contributed by atoms with van der Waals surface area (Å²) in [5, 5.41) is 8.58. The number of esters is 1. The van der Waals surface area contributed by atoms with Crippen molar-refractivity contribution in [3.05, 3.63) is 29.7 Å². The van der Waals surface area contributed by atoms with Crippen molar-refractivity contribution >= 4 is 11.6 Å². The van der Waals surface area contributed by atoms with Gasteiger partial charge in [0.25, 0.3) is 0 Å². The van der Waals surface area contributed by atoms with Crippen LogP contribution in [0.1, 0.15) is 55.2 Å². The van der Waals surface area contributed by atoms with E-state index in [1.807, 2.05) is 10.5 Å². The first-order valence-electron chi connectivity index (χ1n) is 6.96. The number of pyridine rings is 1. The molecule has 0 aromatic carbocycles. The van der Waals surface area contributed by atoms with Crippen LogP contribution in [-0.4, -0.2) is 27.7 Å². The highest BCUT2D eigenvalue weighted by Gasteiger charge is 2.38. The number of methoxy groups -OCH3 is 1. The highest BCUT2D eigenvalue weighted by atomic mass is 16.5. The first kappa shape index (κ1) is 13.1. The van der Waals surface area contributed by atoms with Crippen LogP contribution in [0.4, 0.5) is 0 Å². The van der Waals surface area contributed by atoms with Crippen LogP contribution in [0.15, 0.2) is 18.3 Å². The molecule has 1 aliphatic carbocycles. The summed E-state index contributed by atoms with van der Waals surface area (Å²) in [6.45, 7) is 4.55. The van der Waals surface area contributed by atoms with Gasteiger partial charge in [-0.2, -0.15) is 0 Å². The Kier molecular flexibility index (Phi) is 3.00. The lowest BCUT2D eigenvalue weighted by atomic mass is 9.81. The van der Waals surface area contributed by atoms with E-state index in [1.165, 1.54) is 20.0 Å². The van der Waals surface area contributed by atoms with E-state index >= 15 is 0 Å². The van der Waals surface area contributed by atoms with Gasteiger partial charge >= 0.3 is 5.97 Å². The van der Waals surface area contributed by atoms with E-state index in [4.69, 9.17) is 4.74 Å². The van der Waals surface area contributed by atoms with Crippen LogP contribution >= 0.6 is 0 Å². The number of rotatable bonds is 2. The van der Waals surface area contributed by atoms with Gasteiger partial charge in [0.05, 0.1) is 12.7 Å². The number of hydrogen-bond donors (Lipinski definition) is 0. The fourth-order valence-corrected chi connectivity index (χ4v) is 3.19. The summed E-state index contributed by atoms with van der Waals surface area (Å²) < 4.78 is 6.71. The van der Waals surface area contributed by atoms with Crippen LogP contribution < -0.4 is 0 Å². The summed E-state index contributed by atoms with van der Waals surface area (Å²) in [6, 6.07) is 3.53. The third kappa shape index (κ3) is 1.97. The van der Waals surface area contributed by atoms with Gasteiger partial charge in [-0.3, -0.25) is 4.40 Å². The molecule has 0 bridgehead atoms. The Morgan fingerprint density at radius 1 is 1.40 bits per heavy atom. The number of hydrogen-bond acceptors (Lipinski definition) is 4. The van der Waals surface area contributed by atoms with Crippen molar-refractivity contribution in [1.82, 2.24) is 14.6 Å². The SMILES string of the molecule is COC(=O)c1ccc2nnc(C3CCCC3(C)C)n2c1. The van der Waals surface area contributed by atoms with Crippen molar-refractivity contribution in [3.8, 4) is 0 Å². The summed E-state index contributed by atoms with van der Waals surface area (Å²) in [5.74, 6) is 0.996. The highest BCUT2D eigenvalue weighted by Crippen LogP contribution is 2.48. The average Bonchev–Trinajstić information content (AvgIpc) is 2.99. The zero-order valence-corrected chi connectivity index (χ0v) is 12.1. The van der Waals surface area contributed by atoms with Crippen LogP contribution in [0, 0.1) is 5.41 Å². The minimum atomic E-state index is -0.336. The summed E-state index contributed by atoms with van der Waals surface area (Å²) in [6.07, 6.45) is 5.31. The molecule has 2 aromatic heterocycles. The van der Waals surface area contributed by atoms with E-state index in [1.54, 1.807) is 12.3 Å². The molecule has 1 aliphatic rings. The lowest BCUT2D eigenvalue weighted by Gasteiger charge is -2.25. The largest absolute Gasteiger partial charge is 0.465 e. The molecule has 5 heteroatoms. The van der Waals surface area contributed by atoms with Gasteiger partial charge in [-0.25, -0.2) is 4.79 Å². The normalized spacial score (nSPS) is 21.2. The van der Waals surface area contributed by atoms with Gasteiger partial charge in [-0.1, -0.05) is 20.3 Å². The Balaban J connectivity index is 2.10. The molecule has 5 nitrogen and oxygen atoms in total. The molecular formula is C15H19N3O2. The molecule has 0 amide bonds. The van der Waals surface area contributed by atoms with Gasteiger partial charge < -0.3 is 4.74 Å². The molecule has 0 radical (unpaired) electrons. The fourth-order valence-electron chi connectivity index (χ4n) is 3.19. The van der Waals surface area contributed by atoms with E-state index in [2.05, 4.69) is 24.0 Å². The fraction of sp³-hybridized carbons (Fsp3) is 0.533. The average molecular weight is 273 g/mol. The van der Waals surface area contributed by atoms with Crippen LogP contribution in [0.25, 0.3) is 5.65 Å². The maximum Gasteiger partial charge on any atom is 0.339 e. The predicted octanol–water partition coefficient (Wildman–Crippen LogP) is 2.81. The van der Waals surface area contributed by atoms with Crippen LogP contribution in [-0.2, 0) is 4.74 Å². The Morgan fingerprint density at radius 2 is 2.20 bits per heavy atom. The second-order valence-electron chi connectivity index (χ2n) is 6.13. The molecule has 2 aromatic rings. The summed E-state index contributed by atoms with van der Waals surface area (Å²) in [5.41, 5.74) is 1.52. The molecule has 106 valence electrons. The molecule has 2 heterocycles. The number of aromatic nitrogens is 3. The second kappa shape index (κ2) is 4.58. The topological polar surface area (TPSA) is 56.5 Å². The molecule has 0 saturated heterocycles. The molecule has 1 atom stereocenters. The molecule has 1 unspecified atom stereocenters. The molecule has 0 N–H and O–H groups in total. The van der Waals surface area contributed by atoms with Crippen molar-refractivity contribution in [2.45, 2.75) is 39.0 Å². The molecule has 0 spiro atoms. The Hall–Kier alpha value is -1.91. The van der Waals surface area contributed by atoms with Crippen LogP contribution in [0.3, 0.4) is 0 Å². The van der Waals surface area contributed by atoms with E-state index in [0.717, 1.165) is 17.9 Å². The monoisotopic (exact) mass is 273 g/mol. The lowest BCUT2D eigenvalue weighted by Crippen LogP contribution is -2.18. The standard InChI is InChI=1S/C15H19N3O2/c1-15(2)8-4-5-11(15)13-17-16-12-7-6-10(9-18(12)13)14(19)20-3/h6-7,9,11H,4-5,8H2,1-3H3. The van der Waals surface area contributed by atoms with E-state index < -0.39 is 0 Å². The van der Waals surface area contributed by atoms with Crippen molar-refractivity contribution in [2.24, 2.45) is 5.41 Å². The second-order valence-corrected chi connectivity index (χ2v) is 6.13. The maximum atomic E-state index is 11.7. The minimum Gasteiger partial charge on any atom is -0.465 e. The molecule has 0 aliphatic heterocycles. The van der Waals surface area contributed by atoms with Gasteiger partial charge in [-0.05, 0) is 30.4 Å². The predicted molar refractivity (Wildman–Crippen MR) is 74.7 cm³/mol. The number of fused-ring (bicyclic) bond motifs is 1. The van der Waals surface area contributed by atoms with Crippen LogP contribution in [0.2, 0.25) is 0 Å². The zero-order valence-electron chi connectivity index (χ0n) is 12.1. The minimum absolute atomic E-state index is 0.226. The highest BCUT2D eigenvalue weighted by molar-refractivity contribution is 5.89. The van der Waals surface area contributed by atoms with Gasteiger partial charge in [0, 0.05) is 12.1 Å². The van der Waals surface area contributed by atoms with Gasteiger partial charge in [0.1, 0.15) is 5.82 Å². The third-order valence-corrected chi connectivity index (χ3v) is 4.42. The number of carbonyl (C=O) groups is 1. The van der Waals surface area contributed by atoms with Gasteiger partial charge in [-0.15, -0.1) is 10.2 Å². The molecule has 3 rings (SSSR count). The smallest absolute Gasteiger partial charge is 0.339 e. The van der Waals surface area contributed by atoms with Crippen molar-refractivity contribution in [3.63, 3.8) is 0 Å². The number of carbonyl (C=O) groups excluding carboxylic acids is 1. The third-order valence-electron chi connectivity index (χ3n) is 4.42. The zero-order chi connectivity index (χ0) is 14.3. The van der Waals surface area contributed by atoms with Crippen molar-refractivity contribution in [2.75, 3.05) is 7.11 Å². The Labute approximate surface area is 118 Å². The summed E-state index contributed by atoms with van der Waals surface area (Å²) >= 11 is 0. The maximum absolute atomic E-state index is 11.7. The molecule has 1 fully saturated rings. The van der Waals surface area contributed by atoms with E-state index in [-0.39, 0.29) is 11.4 Å². The van der Waals surface area contributed by atoms with Crippen molar-refractivity contribution in [1.29, 1.82) is 0 Å². The summed E-state index contributed by atoms with van der Waals surface area (Å²) in [7, 11) is 1.39. The quantitative estimate of drug-likeness (QED) is 0.789. The number of nitrogens with zero attached hydrogens (tertiary/aromatic N) is 3. The molecular weight excluding hydrogens is 254 g/mol. The first-order chi connectivity index (χ1) is 9.53. The van der Waals surface area contributed by atoms with Gasteiger partial charge in [0.15, 0.2) is 5.65 Å². The number of ether oxygens (including phenoxy) is 1.